The number of hydrogen-bond acceptors (Lipinski definition) is 3. The van der Waals surface area contributed by atoms with Crippen LogP contribution in [-0.4, -0.2) is 26.2 Å². The lowest BCUT2D eigenvalue weighted by atomic mass is 9.77. The van der Waals surface area contributed by atoms with Gasteiger partial charge in [0.15, 0.2) is 0 Å². The highest BCUT2D eigenvalue weighted by atomic mass is 79.9. The fraction of sp³-hybridized carbons (Fsp3) is 0.267. The molecule has 174 valence electrons. The van der Waals surface area contributed by atoms with Gasteiger partial charge in [-0.3, -0.25) is 0 Å². The number of methoxy groups -OCH3 is 2. The smallest absolute Gasteiger partial charge is 0.119 e. The molecule has 4 aromatic carbocycles. The Morgan fingerprint density at radius 3 is 2.32 bits per heavy atom. The summed E-state index contributed by atoms with van der Waals surface area (Å²) in [5, 5.41) is 3.31. The average Bonchev–Trinajstić information content (AvgIpc) is 3.08. The Labute approximate surface area is 209 Å². The Morgan fingerprint density at radius 1 is 0.794 bits per heavy atom. The number of benzene rings is 4. The predicted molar refractivity (Wildman–Crippen MR) is 144 cm³/mol. The van der Waals surface area contributed by atoms with E-state index in [9.17, 15) is 0 Å². The normalized spacial score (nSPS) is 13.4. The summed E-state index contributed by atoms with van der Waals surface area (Å²) >= 11 is 3.48. The highest BCUT2D eigenvalue weighted by Crippen LogP contribution is 2.55. The Bertz CT molecular complexity index is 1370. The molecule has 4 aromatic rings. The Kier molecular flexibility index (Phi) is 6.03. The van der Waals surface area contributed by atoms with Gasteiger partial charge in [-0.1, -0.05) is 54.0 Å². The van der Waals surface area contributed by atoms with E-state index in [0.29, 0.717) is 6.61 Å². The van der Waals surface area contributed by atoms with E-state index in [2.05, 4.69) is 84.4 Å². The average molecular weight is 517 g/mol. The summed E-state index contributed by atoms with van der Waals surface area (Å²) in [4.78, 5) is 0. The van der Waals surface area contributed by atoms with Gasteiger partial charge in [-0.25, -0.2) is 0 Å². The minimum Gasteiger partial charge on any atom is -0.497 e. The first-order valence-corrected chi connectivity index (χ1v) is 12.7. The van der Waals surface area contributed by atoms with Crippen LogP contribution in [0.4, 0.5) is 0 Å². The SMILES string of the molecule is COc1ccc2c(c1)C(C)(C)c1c-2cc2ccc(OC)cc2c1-c1cccc(OCCCBr)c1. The molecule has 3 nitrogen and oxygen atoms in total. The van der Waals surface area contributed by atoms with Gasteiger partial charge in [0, 0.05) is 10.7 Å². The predicted octanol–water partition coefficient (Wildman–Crippen LogP) is 7.99. The van der Waals surface area contributed by atoms with Crippen molar-refractivity contribution in [2.45, 2.75) is 25.7 Å². The first-order chi connectivity index (χ1) is 16.5. The molecule has 5 rings (SSSR count). The molecule has 0 radical (unpaired) electrons. The zero-order chi connectivity index (χ0) is 23.9. The summed E-state index contributed by atoms with van der Waals surface area (Å²) < 4.78 is 17.3. The van der Waals surface area contributed by atoms with Crippen LogP contribution in [0.25, 0.3) is 33.0 Å². The molecule has 34 heavy (non-hydrogen) atoms. The van der Waals surface area contributed by atoms with E-state index in [1.807, 2.05) is 12.1 Å². The zero-order valence-electron chi connectivity index (χ0n) is 20.1. The molecule has 0 unspecified atom stereocenters. The van der Waals surface area contributed by atoms with Crippen molar-refractivity contribution in [3.63, 3.8) is 0 Å². The maximum absolute atomic E-state index is 6.06. The molecular weight excluding hydrogens is 488 g/mol. The highest BCUT2D eigenvalue weighted by Gasteiger charge is 2.39. The second-order valence-electron chi connectivity index (χ2n) is 9.22. The van der Waals surface area contributed by atoms with Crippen LogP contribution >= 0.6 is 15.9 Å². The van der Waals surface area contributed by atoms with Crippen molar-refractivity contribution in [2.75, 3.05) is 26.2 Å². The van der Waals surface area contributed by atoms with E-state index in [4.69, 9.17) is 14.2 Å². The summed E-state index contributed by atoms with van der Waals surface area (Å²) in [5.41, 5.74) is 7.35. The highest BCUT2D eigenvalue weighted by molar-refractivity contribution is 9.09. The third-order valence-electron chi connectivity index (χ3n) is 6.83. The van der Waals surface area contributed by atoms with Gasteiger partial charge in [-0.2, -0.15) is 0 Å². The minimum atomic E-state index is -0.196. The minimum absolute atomic E-state index is 0.196. The van der Waals surface area contributed by atoms with Crippen molar-refractivity contribution < 1.29 is 14.2 Å². The number of alkyl halides is 1. The van der Waals surface area contributed by atoms with Gasteiger partial charge in [-0.05, 0) is 93.0 Å². The van der Waals surface area contributed by atoms with Crippen molar-refractivity contribution in [3.05, 3.63) is 77.9 Å². The van der Waals surface area contributed by atoms with Crippen molar-refractivity contribution >= 4 is 26.7 Å². The van der Waals surface area contributed by atoms with Crippen molar-refractivity contribution in [3.8, 4) is 39.5 Å². The zero-order valence-corrected chi connectivity index (χ0v) is 21.7. The second kappa shape index (κ2) is 8.99. The van der Waals surface area contributed by atoms with E-state index in [0.717, 1.165) is 34.6 Å². The van der Waals surface area contributed by atoms with Crippen LogP contribution in [-0.2, 0) is 5.41 Å². The van der Waals surface area contributed by atoms with Crippen molar-refractivity contribution in [1.29, 1.82) is 0 Å². The molecule has 0 heterocycles. The largest absolute Gasteiger partial charge is 0.497 e. The molecular formula is C30H29BrO3. The quantitative estimate of drug-likeness (QED) is 0.184. The second-order valence-corrected chi connectivity index (χ2v) is 10.0. The van der Waals surface area contributed by atoms with E-state index >= 15 is 0 Å². The molecule has 4 heteroatoms. The third kappa shape index (κ3) is 3.74. The molecule has 0 bridgehead atoms. The summed E-state index contributed by atoms with van der Waals surface area (Å²) in [6.45, 7) is 5.30. The van der Waals surface area contributed by atoms with Crippen molar-refractivity contribution in [1.82, 2.24) is 0 Å². The summed E-state index contributed by atoms with van der Waals surface area (Å²) in [5.74, 6) is 2.63. The number of rotatable bonds is 7. The van der Waals surface area contributed by atoms with Gasteiger partial charge in [0.1, 0.15) is 17.2 Å². The van der Waals surface area contributed by atoms with Crippen LogP contribution in [0.3, 0.4) is 0 Å². The summed E-state index contributed by atoms with van der Waals surface area (Å²) in [6.07, 6.45) is 0.968. The Morgan fingerprint density at radius 2 is 1.56 bits per heavy atom. The van der Waals surface area contributed by atoms with Gasteiger partial charge in [0.25, 0.3) is 0 Å². The van der Waals surface area contributed by atoms with Crippen LogP contribution < -0.4 is 14.2 Å². The monoisotopic (exact) mass is 516 g/mol. The van der Waals surface area contributed by atoms with E-state index < -0.39 is 0 Å². The van der Waals surface area contributed by atoms with Crippen LogP contribution in [0.1, 0.15) is 31.4 Å². The first-order valence-electron chi connectivity index (χ1n) is 11.6. The molecule has 0 amide bonds. The molecule has 0 aromatic heterocycles. The van der Waals surface area contributed by atoms with Crippen molar-refractivity contribution in [2.24, 2.45) is 0 Å². The van der Waals surface area contributed by atoms with Gasteiger partial charge < -0.3 is 14.2 Å². The fourth-order valence-corrected chi connectivity index (χ4v) is 5.42. The number of hydrogen-bond donors (Lipinski definition) is 0. The fourth-order valence-electron chi connectivity index (χ4n) is 5.19. The van der Waals surface area contributed by atoms with Gasteiger partial charge in [0.2, 0.25) is 0 Å². The molecule has 1 aliphatic rings. The number of halogens is 1. The molecule has 0 fully saturated rings. The third-order valence-corrected chi connectivity index (χ3v) is 7.39. The molecule has 0 saturated heterocycles. The molecule has 0 saturated carbocycles. The summed E-state index contributed by atoms with van der Waals surface area (Å²) in [6, 6.07) is 23.6. The molecule has 0 spiro atoms. The first kappa shape index (κ1) is 22.8. The molecule has 1 aliphatic carbocycles. The Hall–Kier alpha value is -2.98. The standard InChI is InChI=1S/C30H29BrO3/c1-30(2)27-18-22(33-4)11-12-24(27)26-16-19-9-10-21(32-3)17-25(19)28(29(26)30)20-7-5-8-23(15-20)34-14-6-13-31/h5,7-12,15-18H,6,13-14H2,1-4H3. The van der Waals surface area contributed by atoms with Crippen LogP contribution in [0, 0.1) is 0 Å². The maximum Gasteiger partial charge on any atom is 0.119 e. The summed E-state index contributed by atoms with van der Waals surface area (Å²) in [7, 11) is 3.45. The van der Waals surface area contributed by atoms with Gasteiger partial charge >= 0.3 is 0 Å². The van der Waals surface area contributed by atoms with Gasteiger partial charge in [-0.15, -0.1) is 0 Å². The van der Waals surface area contributed by atoms with E-state index in [1.54, 1.807) is 14.2 Å². The lowest BCUT2D eigenvalue weighted by Crippen LogP contribution is -2.16. The lowest BCUT2D eigenvalue weighted by Gasteiger charge is -2.26. The van der Waals surface area contributed by atoms with Gasteiger partial charge in [0.05, 0.1) is 20.8 Å². The van der Waals surface area contributed by atoms with E-state index in [-0.39, 0.29) is 5.41 Å². The topological polar surface area (TPSA) is 27.7 Å². The molecule has 0 N–H and O–H groups in total. The number of ether oxygens (including phenoxy) is 3. The van der Waals surface area contributed by atoms with Crippen LogP contribution in [0.2, 0.25) is 0 Å². The molecule has 0 aliphatic heterocycles. The van der Waals surface area contributed by atoms with Crippen LogP contribution in [0.15, 0.2) is 66.7 Å². The lowest BCUT2D eigenvalue weighted by molar-refractivity contribution is 0.319. The number of fused-ring (bicyclic) bond motifs is 4. The maximum atomic E-state index is 6.06. The van der Waals surface area contributed by atoms with E-state index in [1.165, 1.54) is 38.6 Å². The van der Waals surface area contributed by atoms with Crippen LogP contribution in [0.5, 0.6) is 17.2 Å². The Balaban J connectivity index is 1.80. The molecule has 0 atom stereocenters.